The Labute approximate surface area is 473 Å². The number of phosphoric ester groups is 1. The molecule has 3 atom stereocenters. The number of phosphoric acid groups is 1. The molecule has 0 aromatic rings. The minimum absolute atomic E-state index is 0.0261. The fourth-order valence-corrected chi connectivity index (χ4v) is 8.97. The van der Waals surface area contributed by atoms with Gasteiger partial charge >= 0.3 is 13.8 Å². The van der Waals surface area contributed by atoms with Crippen LogP contribution in [-0.4, -0.2) is 74.3 Å². The molecule has 0 saturated carbocycles. The monoisotopic (exact) mass is 1090 g/mol. The van der Waals surface area contributed by atoms with E-state index in [0.717, 1.165) is 122 Å². The summed E-state index contributed by atoms with van der Waals surface area (Å²) in [5.74, 6) is -0.556. The molecule has 0 radical (unpaired) electrons. The van der Waals surface area contributed by atoms with Crippen molar-refractivity contribution in [2.24, 2.45) is 0 Å². The molecule has 10 heteroatoms. The number of rotatable bonds is 54. The summed E-state index contributed by atoms with van der Waals surface area (Å²) in [6.45, 7) is 6.73. The maximum absolute atomic E-state index is 13.6. The third-order valence-corrected chi connectivity index (χ3v) is 13.9. The Morgan fingerprint density at radius 2 is 0.896 bits per heavy atom. The zero-order valence-electron chi connectivity index (χ0n) is 50.2. The Bertz CT molecular complexity index is 1730. The molecule has 0 aromatic heterocycles. The standard InChI is InChI=1S/C67H115N2O7P/c1-7-10-13-16-19-22-25-28-30-31-32-33-34-35-36-37-39-41-44-47-50-53-56-59-66(70)68-64(63-75-77(72,73)74-62-61-69(4,5)6)65(58-55-52-49-46-43-40-27-24-21-18-15-12-9-3)76-67(71)60-57-54-51-48-45-42-38-29-26-23-20-17-14-11-8-2/h10-11,13-14,17,19-20,22-23,26,28,30,32-33,35-36,39,41,55,58,64-65H,7-9,12,15-16,18,21,24-25,27,29,31,34,37-38,40,42-54,56-57,59-63H2,1-6H3,(H-,68,70,72,73)/p+1/b13-10-,14-11+,20-17+,22-19-,26-23+,30-28-,33-32-,36-35-,41-39-,58-55-. The zero-order valence-corrected chi connectivity index (χ0v) is 51.1. The van der Waals surface area contributed by atoms with Crippen molar-refractivity contribution >= 4 is 19.7 Å². The van der Waals surface area contributed by atoms with Crippen molar-refractivity contribution in [2.45, 2.75) is 251 Å². The summed E-state index contributed by atoms with van der Waals surface area (Å²) in [7, 11) is 1.45. The van der Waals surface area contributed by atoms with E-state index in [1.807, 2.05) is 33.3 Å². The van der Waals surface area contributed by atoms with Crippen LogP contribution in [0.4, 0.5) is 0 Å². The lowest BCUT2D eigenvalue weighted by molar-refractivity contribution is -0.870. The Balaban J connectivity index is 5.34. The third-order valence-electron chi connectivity index (χ3n) is 13.0. The van der Waals surface area contributed by atoms with Crippen LogP contribution in [-0.2, 0) is 27.9 Å². The average molecular weight is 1090 g/mol. The molecule has 0 aromatic carbocycles. The van der Waals surface area contributed by atoms with E-state index in [9.17, 15) is 19.0 Å². The first-order valence-corrected chi connectivity index (χ1v) is 32.4. The first-order chi connectivity index (χ1) is 37.4. The molecule has 1 amide bonds. The van der Waals surface area contributed by atoms with E-state index in [1.54, 1.807) is 0 Å². The van der Waals surface area contributed by atoms with Gasteiger partial charge in [0.1, 0.15) is 19.3 Å². The summed E-state index contributed by atoms with van der Waals surface area (Å²) >= 11 is 0. The predicted octanol–water partition coefficient (Wildman–Crippen LogP) is 19.1. The van der Waals surface area contributed by atoms with Crippen molar-refractivity contribution in [1.29, 1.82) is 0 Å². The van der Waals surface area contributed by atoms with E-state index in [1.165, 1.54) is 77.0 Å². The molecule has 0 aliphatic rings. The lowest BCUT2D eigenvalue weighted by Gasteiger charge is -2.27. The number of allylic oxidation sites excluding steroid dienone is 19. The maximum atomic E-state index is 13.6. The second kappa shape index (κ2) is 55.7. The predicted molar refractivity (Wildman–Crippen MR) is 332 cm³/mol. The molecule has 0 rings (SSSR count). The van der Waals surface area contributed by atoms with Gasteiger partial charge in [-0.3, -0.25) is 18.6 Å². The summed E-state index contributed by atoms with van der Waals surface area (Å²) in [4.78, 5) is 37.7. The maximum Gasteiger partial charge on any atom is 0.472 e. The first-order valence-electron chi connectivity index (χ1n) is 30.9. The molecule has 0 heterocycles. The first kappa shape index (κ1) is 73.4. The van der Waals surface area contributed by atoms with Crippen molar-refractivity contribution in [3.8, 4) is 0 Å². The third kappa shape index (κ3) is 56.9. The van der Waals surface area contributed by atoms with Gasteiger partial charge in [-0.15, -0.1) is 0 Å². The van der Waals surface area contributed by atoms with Gasteiger partial charge in [0.05, 0.1) is 33.8 Å². The molecular weight excluding hydrogens is 976 g/mol. The smallest absolute Gasteiger partial charge is 0.456 e. The SMILES string of the molecule is CC/C=C\C/C=C\C/C=C\C/C=C\C/C=C\C/C=C\CCCCCCC(=O)NC(COP(=O)(O)OCC[N+](C)(C)C)C(/C=C\CCCCCCCCCCCCC)OC(=O)CCCCCCCCC/C=C/C=C/C=C/CC. The van der Waals surface area contributed by atoms with Crippen molar-refractivity contribution in [3.63, 3.8) is 0 Å². The number of amides is 1. The lowest BCUT2D eigenvalue weighted by atomic mass is 10.0. The number of hydrogen-bond donors (Lipinski definition) is 2. The minimum Gasteiger partial charge on any atom is -0.456 e. The number of carbonyl (C=O) groups is 2. The number of quaternary nitrogens is 1. The minimum atomic E-state index is -4.47. The van der Waals surface area contributed by atoms with Crippen LogP contribution in [0.5, 0.6) is 0 Å². The highest BCUT2D eigenvalue weighted by Gasteiger charge is 2.30. The van der Waals surface area contributed by atoms with Crippen LogP contribution in [0.15, 0.2) is 122 Å². The number of nitrogens with one attached hydrogen (secondary N) is 1. The van der Waals surface area contributed by atoms with Crippen molar-refractivity contribution in [1.82, 2.24) is 5.32 Å². The molecule has 0 bridgehead atoms. The molecule has 0 spiro atoms. The quantitative estimate of drug-likeness (QED) is 0.0156. The summed E-state index contributed by atoms with van der Waals surface area (Å²) in [6, 6.07) is -0.876. The summed E-state index contributed by atoms with van der Waals surface area (Å²) in [6.07, 6.45) is 77.6. The second-order valence-corrected chi connectivity index (χ2v) is 23.0. The lowest BCUT2D eigenvalue weighted by Crippen LogP contribution is -2.47. The number of nitrogens with zero attached hydrogens (tertiary/aromatic N) is 1. The van der Waals surface area contributed by atoms with Crippen molar-refractivity contribution < 1.29 is 37.3 Å². The Hall–Kier alpha value is -3.59. The summed E-state index contributed by atoms with van der Waals surface area (Å²) in [5, 5.41) is 3.04. The van der Waals surface area contributed by atoms with E-state index in [2.05, 4.69) is 135 Å². The van der Waals surface area contributed by atoms with E-state index < -0.39 is 20.0 Å². The molecule has 9 nitrogen and oxygen atoms in total. The highest BCUT2D eigenvalue weighted by atomic mass is 31.2. The van der Waals surface area contributed by atoms with Crippen molar-refractivity contribution in [2.75, 3.05) is 40.9 Å². The normalized spacial score (nSPS) is 14.5. The van der Waals surface area contributed by atoms with Crippen LogP contribution >= 0.6 is 7.82 Å². The van der Waals surface area contributed by atoms with Gasteiger partial charge in [-0.2, -0.15) is 0 Å². The van der Waals surface area contributed by atoms with E-state index in [4.69, 9.17) is 13.8 Å². The Kier molecular flexibility index (Phi) is 53.1. The van der Waals surface area contributed by atoms with Gasteiger partial charge < -0.3 is 19.4 Å². The van der Waals surface area contributed by atoms with Crippen LogP contribution in [0.25, 0.3) is 0 Å². The van der Waals surface area contributed by atoms with Gasteiger partial charge in [0.25, 0.3) is 0 Å². The Morgan fingerprint density at radius 3 is 1.39 bits per heavy atom. The van der Waals surface area contributed by atoms with E-state index >= 15 is 0 Å². The summed E-state index contributed by atoms with van der Waals surface area (Å²) < 4.78 is 30.7. The highest BCUT2D eigenvalue weighted by molar-refractivity contribution is 7.47. The molecule has 440 valence electrons. The molecule has 0 aliphatic carbocycles. The van der Waals surface area contributed by atoms with Gasteiger partial charge in [-0.25, -0.2) is 4.57 Å². The van der Waals surface area contributed by atoms with Crippen LogP contribution < -0.4 is 5.32 Å². The van der Waals surface area contributed by atoms with Crippen LogP contribution in [0.3, 0.4) is 0 Å². The van der Waals surface area contributed by atoms with Gasteiger partial charge in [-0.1, -0.05) is 245 Å². The van der Waals surface area contributed by atoms with Gasteiger partial charge in [0.15, 0.2) is 0 Å². The van der Waals surface area contributed by atoms with Gasteiger partial charge in [-0.05, 0) is 102 Å². The van der Waals surface area contributed by atoms with Crippen LogP contribution in [0.1, 0.15) is 239 Å². The number of hydrogen-bond acceptors (Lipinski definition) is 6. The average Bonchev–Trinajstić information content (AvgIpc) is 3.39. The Morgan fingerprint density at radius 1 is 0.481 bits per heavy atom. The fraction of sp³-hybridized carbons (Fsp3) is 0.672. The second-order valence-electron chi connectivity index (χ2n) is 21.5. The topological polar surface area (TPSA) is 111 Å². The number of likely N-dealkylation sites (N-methyl/N-ethyl adjacent to an activating group) is 1. The number of carbonyl (C=O) groups excluding carboxylic acids is 2. The molecule has 0 fully saturated rings. The summed E-state index contributed by atoms with van der Waals surface area (Å²) in [5.41, 5.74) is 0. The van der Waals surface area contributed by atoms with Crippen LogP contribution in [0, 0.1) is 0 Å². The number of ether oxygens (including phenoxy) is 1. The molecule has 0 aliphatic heterocycles. The van der Waals surface area contributed by atoms with Gasteiger partial charge in [0.2, 0.25) is 5.91 Å². The largest absolute Gasteiger partial charge is 0.472 e. The van der Waals surface area contributed by atoms with Gasteiger partial charge in [0, 0.05) is 12.8 Å². The molecule has 2 N–H and O–H groups in total. The number of esters is 1. The van der Waals surface area contributed by atoms with E-state index in [-0.39, 0.29) is 31.5 Å². The molecule has 77 heavy (non-hydrogen) atoms. The molecule has 3 unspecified atom stereocenters. The number of unbranched alkanes of at least 4 members (excludes halogenated alkanes) is 22. The highest BCUT2D eigenvalue weighted by Crippen LogP contribution is 2.43. The molecular formula is C67H116N2O7P+. The van der Waals surface area contributed by atoms with Crippen molar-refractivity contribution in [3.05, 3.63) is 122 Å². The fourth-order valence-electron chi connectivity index (χ4n) is 8.24. The van der Waals surface area contributed by atoms with Crippen LogP contribution in [0.2, 0.25) is 0 Å². The zero-order chi connectivity index (χ0) is 56.4. The van der Waals surface area contributed by atoms with E-state index in [0.29, 0.717) is 23.9 Å². The molecule has 0 saturated heterocycles.